The lowest BCUT2D eigenvalue weighted by Crippen LogP contribution is -2.52. The number of unbranched alkanes of at least 4 members (excludes halogenated alkanes) is 3. The van der Waals surface area contributed by atoms with Gasteiger partial charge >= 0.3 is 11.9 Å². The molecular formula is C40H52F4N16O6. The largest absolute Gasteiger partial charge is 0.481 e. The number of aliphatic imine (C=N–C) groups is 4. The summed E-state index contributed by atoms with van der Waals surface area (Å²) in [6.07, 6.45) is 4.08. The van der Waals surface area contributed by atoms with Crippen LogP contribution in [0, 0.1) is 17.6 Å². The van der Waals surface area contributed by atoms with Gasteiger partial charge in [0.2, 0.25) is 17.3 Å². The highest BCUT2D eigenvalue weighted by atomic mass is 19.1. The molecule has 0 radical (unpaired) electrons. The lowest BCUT2D eigenvalue weighted by atomic mass is 9.93. The van der Waals surface area contributed by atoms with Crippen LogP contribution in [-0.2, 0) is 11.3 Å². The van der Waals surface area contributed by atoms with E-state index in [-0.39, 0.29) is 104 Å². The van der Waals surface area contributed by atoms with E-state index in [0.29, 0.717) is 39.3 Å². The summed E-state index contributed by atoms with van der Waals surface area (Å²) in [5, 5.41) is 18.6. The molecule has 3 aromatic heterocycles. The molecule has 3 aliphatic rings. The third kappa shape index (κ3) is 11.1. The van der Waals surface area contributed by atoms with Crippen molar-refractivity contribution in [3.8, 4) is 0 Å². The highest BCUT2D eigenvalue weighted by Crippen LogP contribution is 2.33. The number of hydrogen-bond acceptors (Lipinski definition) is 11. The van der Waals surface area contributed by atoms with Gasteiger partial charge in [-0.15, -0.1) is 0 Å². The molecule has 0 amide bonds. The van der Waals surface area contributed by atoms with E-state index in [1.807, 2.05) is 0 Å². The van der Waals surface area contributed by atoms with E-state index in [4.69, 9.17) is 22.9 Å². The van der Waals surface area contributed by atoms with Crippen LogP contribution in [0.5, 0.6) is 0 Å². The minimum atomic E-state index is -1.51. The molecule has 3 aliphatic heterocycles. The molecule has 10 N–H and O–H groups in total. The summed E-state index contributed by atoms with van der Waals surface area (Å²) in [6, 6.07) is 1.90. The zero-order valence-electron chi connectivity index (χ0n) is 36.0. The van der Waals surface area contributed by atoms with Gasteiger partial charge in [-0.05, 0) is 25.0 Å². The number of carbonyl (C=O) groups excluding carboxylic acids is 1. The number of fused-ring (bicyclic) bond motifs is 2. The number of nitrogens with two attached hydrogens (primary N) is 4. The van der Waals surface area contributed by atoms with Crippen LogP contribution in [0.15, 0.2) is 43.1 Å². The van der Waals surface area contributed by atoms with Crippen LogP contribution in [0.1, 0.15) is 46.4 Å². The lowest BCUT2D eigenvalue weighted by Gasteiger charge is -2.37. The van der Waals surface area contributed by atoms with Gasteiger partial charge in [0.25, 0.3) is 0 Å². The Labute approximate surface area is 375 Å². The maximum Gasteiger partial charge on any atom is 0.341 e. The number of anilines is 3. The van der Waals surface area contributed by atoms with E-state index in [0.717, 1.165) is 44.0 Å². The summed E-state index contributed by atoms with van der Waals surface area (Å²) in [5.41, 5.74) is 22.7. The van der Waals surface area contributed by atoms with Crippen LogP contribution in [0.2, 0.25) is 0 Å². The number of guanidine groups is 4. The average Bonchev–Trinajstić information content (AvgIpc) is 3.28. The Kier molecular flexibility index (Phi) is 15.8. The maximum atomic E-state index is 15.3. The second kappa shape index (κ2) is 21.6. The molecule has 6 heterocycles. The molecule has 6 rings (SSSR count). The SMILES string of the molecule is NC(=NCCCCCCN=C(N)/N=C(\N)N1CCN(c2nc3c(cc2F)c(=O)c(C(=O)O)cn3CCF)CC1)/N=C(\N)N1CCN(c2nc3c(cc2F)C(=O)C(C(=O)O)CN3CCF)CC1. The van der Waals surface area contributed by atoms with Crippen LogP contribution >= 0.6 is 0 Å². The standard InChI is InChI=1S/C40H52F4N16O6/c41-5-9-59-21-25(35(63)64)29(61)23-19-27(43)33(51-31(23)59)55-11-15-57(16-12-55)39(47)53-37(45)49-7-3-1-2-4-8-50-38(46)54-40(48)58-17-13-56(14-18-58)34-28(44)20-24-30(62)26(36(65)66)22-60(10-6-42)32(24)52-34/h19-21,26H,1-18,22H2,(H,63,64)(H,65,66)(H4,45,47,49,53)(H4,46,48,50,54). The number of carboxylic acid groups (broad SMARTS) is 2. The minimum Gasteiger partial charge on any atom is -0.481 e. The Morgan fingerprint density at radius 2 is 1.23 bits per heavy atom. The Hall–Kier alpha value is -7.28. The number of ketones is 1. The quantitative estimate of drug-likeness (QED) is 0.0389. The summed E-state index contributed by atoms with van der Waals surface area (Å²) in [7, 11) is 0. The van der Waals surface area contributed by atoms with Gasteiger partial charge in [0, 0.05) is 84.7 Å². The number of rotatable bonds is 15. The van der Waals surface area contributed by atoms with Gasteiger partial charge in [-0.25, -0.2) is 32.3 Å². The van der Waals surface area contributed by atoms with Crippen LogP contribution in [0.4, 0.5) is 35.0 Å². The van der Waals surface area contributed by atoms with Crippen molar-refractivity contribution in [3.63, 3.8) is 0 Å². The van der Waals surface area contributed by atoms with Crippen LogP contribution in [-0.4, -0.2) is 168 Å². The van der Waals surface area contributed by atoms with E-state index < -0.39 is 59.6 Å². The Balaban J connectivity index is 0.904. The topological polar surface area (TPSA) is 309 Å². The van der Waals surface area contributed by atoms with Crippen molar-refractivity contribution < 1.29 is 42.2 Å². The van der Waals surface area contributed by atoms with Gasteiger partial charge in [-0.3, -0.25) is 24.4 Å². The summed E-state index contributed by atoms with van der Waals surface area (Å²) in [4.78, 5) is 82.3. The van der Waals surface area contributed by atoms with Crippen LogP contribution in [0.25, 0.3) is 11.0 Å². The number of pyridine rings is 3. The summed E-state index contributed by atoms with van der Waals surface area (Å²) in [5.74, 6) is -6.53. The number of nitrogens with zero attached hydrogens (tertiary/aromatic N) is 12. The second-order valence-electron chi connectivity index (χ2n) is 15.6. The van der Waals surface area contributed by atoms with Gasteiger partial charge in [-0.1, -0.05) is 12.8 Å². The molecule has 0 bridgehead atoms. The number of aromatic nitrogens is 3. The fraction of sp³-hybridized carbons (Fsp3) is 0.500. The van der Waals surface area contributed by atoms with Gasteiger partial charge in [0.05, 0.1) is 17.5 Å². The number of halogens is 4. The van der Waals surface area contributed by atoms with E-state index in [9.17, 15) is 38.2 Å². The number of piperazine rings is 2. The second-order valence-corrected chi connectivity index (χ2v) is 15.6. The zero-order chi connectivity index (χ0) is 47.7. The zero-order valence-corrected chi connectivity index (χ0v) is 36.0. The van der Waals surface area contributed by atoms with Crippen LogP contribution < -0.4 is 43.1 Å². The first-order chi connectivity index (χ1) is 31.6. The molecule has 2 fully saturated rings. The summed E-state index contributed by atoms with van der Waals surface area (Å²) >= 11 is 0. The third-order valence-electron chi connectivity index (χ3n) is 11.3. The first kappa shape index (κ1) is 48.2. The molecule has 0 spiro atoms. The van der Waals surface area contributed by atoms with Gasteiger partial charge in [0.15, 0.2) is 41.0 Å². The molecule has 0 saturated carbocycles. The number of carboxylic acids is 2. The maximum absolute atomic E-state index is 15.3. The third-order valence-corrected chi connectivity index (χ3v) is 11.3. The van der Waals surface area contributed by atoms with Crippen molar-refractivity contribution in [1.82, 2.24) is 24.3 Å². The lowest BCUT2D eigenvalue weighted by molar-refractivity contribution is -0.139. The monoisotopic (exact) mass is 928 g/mol. The molecule has 0 aromatic carbocycles. The predicted molar refractivity (Wildman–Crippen MR) is 239 cm³/mol. The van der Waals surface area contributed by atoms with Crippen LogP contribution in [0.3, 0.4) is 0 Å². The normalized spacial score (nSPS) is 17.8. The van der Waals surface area contributed by atoms with Crippen molar-refractivity contribution in [3.05, 3.63) is 51.3 Å². The van der Waals surface area contributed by atoms with E-state index in [1.54, 1.807) is 19.6 Å². The Bertz CT molecular complexity index is 2490. The fourth-order valence-corrected chi connectivity index (χ4v) is 7.80. The first-order valence-corrected chi connectivity index (χ1v) is 21.2. The first-order valence-electron chi connectivity index (χ1n) is 21.2. The molecule has 356 valence electrons. The molecule has 26 heteroatoms. The number of Topliss-reactive ketones (excluding diaryl/α,β-unsaturated/α-hetero) is 1. The highest BCUT2D eigenvalue weighted by Gasteiger charge is 2.39. The van der Waals surface area contributed by atoms with Crippen molar-refractivity contribution in [2.45, 2.75) is 32.2 Å². The molecule has 1 unspecified atom stereocenters. The molecule has 22 nitrogen and oxygen atoms in total. The number of aliphatic carboxylic acids is 1. The highest BCUT2D eigenvalue weighted by molar-refractivity contribution is 6.13. The van der Waals surface area contributed by atoms with E-state index >= 15 is 8.78 Å². The van der Waals surface area contributed by atoms with Gasteiger partial charge in [0.1, 0.15) is 36.3 Å². The Morgan fingerprint density at radius 3 is 1.73 bits per heavy atom. The Morgan fingerprint density at radius 1 is 0.712 bits per heavy atom. The predicted octanol–water partition coefficient (Wildman–Crippen LogP) is 0.174. The van der Waals surface area contributed by atoms with Crippen molar-refractivity contribution in [2.75, 3.05) is 107 Å². The molecule has 3 aromatic rings. The fourth-order valence-electron chi connectivity index (χ4n) is 7.80. The number of hydrogen-bond donors (Lipinski definition) is 6. The molecule has 1 atom stereocenters. The molecule has 2 saturated heterocycles. The summed E-state index contributed by atoms with van der Waals surface area (Å²) in [6.45, 7) is 0.848. The van der Waals surface area contributed by atoms with E-state index in [2.05, 4.69) is 29.9 Å². The number of alkyl halides is 2. The van der Waals surface area contributed by atoms with Crippen molar-refractivity contribution in [2.24, 2.45) is 48.8 Å². The number of carbonyl (C=O) groups is 3. The molecule has 0 aliphatic carbocycles. The number of aromatic carboxylic acids is 1. The summed E-state index contributed by atoms with van der Waals surface area (Å²) < 4.78 is 58.3. The van der Waals surface area contributed by atoms with E-state index in [1.165, 1.54) is 9.47 Å². The molecule has 66 heavy (non-hydrogen) atoms. The average molecular weight is 929 g/mol. The van der Waals surface area contributed by atoms with Gasteiger partial charge in [-0.2, -0.15) is 9.98 Å². The number of aryl methyl sites for hydroxylation is 1. The van der Waals surface area contributed by atoms with Crippen molar-refractivity contribution in [1.29, 1.82) is 0 Å². The van der Waals surface area contributed by atoms with Crippen molar-refractivity contribution >= 4 is 70.0 Å². The molecular weight excluding hydrogens is 877 g/mol. The van der Waals surface area contributed by atoms with Gasteiger partial charge < -0.3 is 62.2 Å². The minimum absolute atomic E-state index is 0.000698. The smallest absolute Gasteiger partial charge is 0.341 e.